The van der Waals surface area contributed by atoms with E-state index in [-0.39, 0.29) is 5.78 Å². The molecule has 0 fully saturated rings. The number of tetrazole rings is 1. The molecule has 0 saturated heterocycles. The van der Waals surface area contributed by atoms with Gasteiger partial charge in [-0.3, -0.25) is 4.79 Å². The van der Waals surface area contributed by atoms with Crippen LogP contribution in [0.3, 0.4) is 0 Å². The zero-order chi connectivity index (χ0) is 19.6. The van der Waals surface area contributed by atoms with Crippen molar-refractivity contribution in [3.63, 3.8) is 0 Å². The van der Waals surface area contributed by atoms with E-state index in [0.29, 0.717) is 27.7 Å². The highest BCUT2D eigenvalue weighted by Gasteiger charge is 2.27. The van der Waals surface area contributed by atoms with E-state index in [1.165, 1.54) is 18.9 Å². The van der Waals surface area contributed by atoms with Gasteiger partial charge in [0.1, 0.15) is 0 Å². The Labute approximate surface area is 160 Å². The highest BCUT2D eigenvalue weighted by Crippen LogP contribution is 2.27. The smallest absolute Gasteiger partial charge is 0.339 e. The van der Waals surface area contributed by atoms with Gasteiger partial charge in [-0.2, -0.15) is 4.68 Å². The lowest BCUT2D eigenvalue weighted by atomic mass is 10.1. The highest BCUT2D eigenvalue weighted by atomic mass is 32.2. The molecule has 1 aromatic carbocycles. The molecule has 0 amide bonds. The number of H-pyrrole nitrogens is 1. The zero-order valence-electron chi connectivity index (χ0n) is 15.4. The van der Waals surface area contributed by atoms with Gasteiger partial charge in [0.05, 0.1) is 29.3 Å². The maximum absolute atomic E-state index is 12.9. The normalized spacial score (nSPS) is 12.0. The summed E-state index contributed by atoms with van der Waals surface area (Å²) in [5.41, 5.74) is 2.79. The van der Waals surface area contributed by atoms with E-state index < -0.39 is 11.2 Å². The van der Waals surface area contributed by atoms with E-state index in [9.17, 15) is 9.59 Å². The number of hydrogen-bond acceptors (Lipinski definition) is 7. The lowest BCUT2D eigenvalue weighted by molar-refractivity contribution is 0.0599. The quantitative estimate of drug-likeness (QED) is 0.395. The molecule has 0 bridgehead atoms. The van der Waals surface area contributed by atoms with Gasteiger partial charge < -0.3 is 9.72 Å². The van der Waals surface area contributed by atoms with Crippen LogP contribution in [-0.4, -0.2) is 49.3 Å². The van der Waals surface area contributed by atoms with E-state index in [1.807, 2.05) is 30.3 Å². The third-order valence-electron chi connectivity index (χ3n) is 4.17. The minimum absolute atomic E-state index is 0.140. The predicted octanol–water partition coefficient (Wildman–Crippen LogP) is 2.76. The third-order valence-corrected chi connectivity index (χ3v) is 5.20. The van der Waals surface area contributed by atoms with E-state index >= 15 is 0 Å². The summed E-state index contributed by atoms with van der Waals surface area (Å²) >= 11 is 1.25. The number of hydrogen-bond donors (Lipinski definition) is 1. The van der Waals surface area contributed by atoms with Gasteiger partial charge in [0.2, 0.25) is 5.16 Å². The summed E-state index contributed by atoms with van der Waals surface area (Å²) in [6.07, 6.45) is 0. The number of rotatable bonds is 6. The standard InChI is InChI=1S/C18H19N5O3S/c1-10-14(17(25)26-4)11(2)19-15(10)16(24)12(3)27-18-20-21-22-23(18)13-8-6-5-7-9-13/h5-9,12,19H,1-4H3/t12-/m1/s1. The van der Waals surface area contributed by atoms with Gasteiger partial charge in [-0.25, -0.2) is 4.79 Å². The van der Waals surface area contributed by atoms with Crippen molar-refractivity contribution in [2.45, 2.75) is 31.2 Å². The maximum atomic E-state index is 12.9. The van der Waals surface area contributed by atoms with Crippen molar-refractivity contribution in [1.82, 2.24) is 25.2 Å². The number of aromatic amines is 1. The zero-order valence-corrected chi connectivity index (χ0v) is 16.2. The van der Waals surface area contributed by atoms with Gasteiger partial charge in [0, 0.05) is 5.69 Å². The molecule has 3 aromatic rings. The molecule has 0 spiro atoms. The number of ether oxygens (including phenoxy) is 1. The number of benzene rings is 1. The van der Waals surface area contributed by atoms with Crippen LogP contribution in [0.4, 0.5) is 0 Å². The molecule has 1 N–H and O–H groups in total. The Bertz CT molecular complexity index is 980. The van der Waals surface area contributed by atoms with Crippen molar-refractivity contribution < 1.29 is 14.3 Å². The van der Waals surface area contributed by atoms with Crippen LogP contribution in [0, 0.1) is 13.8 Å². The molecule has 0 unspecified atom stereocenters. The summed E-state index contributed by atoms with van der Waals surface area (Å²) in [5, 5.41) is 11.8. The van der Waals surface area contributed by atoms with Gasteiger partial charge >= 0.3 is 5.97 Å². The number of esters is 1. The Hall–Kier alpha value is -2.94. The van der Waals surface area contributed by atoms with Crippen LogP contribution in [0.2, 0.25) is 0 Å². The van der Waals surface area contributed by atoms with Gasteiger partial charge in [-0.1, -0.05) is 30.0 Å². The van der Waals surface area contributed by atoms with E-state index in [4.69, 9.17) is 4.74 Å². The predicted molar refractivity (Wildman–Crippen MR) is 100 cm³/mol. The second-order valence-corrected chi connectivity index (χ2v) is 7.26. The van der Waals surface area contributed by atoms with Gasteiger partial charge in [0.15, 0.2) is 5.78 Å². The molecule has 0 aliphatic carbocycles. The van der Waals surface area contributed by atoms with E-state index in [1.54, 1.807) is 25.5 Å². The Morgan fingerprint density at radius 2 is 1.93 bits per heavy atom. The first kappa shape index (κ1) is 18.8. The van der Waals surface area contributed by atoms with Crippen molar-refractivity contribution in [3.8, 4) is 5.69 Å². The first-order chi connectivity index (χ1) is 12.9. The molecule has 0 aliphatic heterocycles. The number of methoxy groups -OCH3 is 1. The average molecular weight is 385 g/mol. The van der Waals surface area contributed by atoms with Crippen LogP contribution in [0.1, 0.15) is 39.0 Å². The monoisotopic (exact) mass is 385 g/mol. The molecule has 0 radical (unpaired) electrons. The molecular weight excluding hydrogens is 366 g/mol. The van der Waals surface area contributed by atoms with Gasteiger partial charge in [0.25, 0.3) is 0 Å². The summed E-state index contributed by atoms with van der Waals surface area (Å²) in [6, 6.07) is 9.45. The minimum atomic E-state index is -0.464. The van der Waals surface area contributed by atoms with Crippen LogP contribution in [0.5, 0.6) is 0 Å². The fourth-order valence-electron chi connectivity index (χ4n) is 2.80. The maximum Gasteiger partial charge on any atom is 0.339 e. The Morgan fingerprint density at radius 1 is 1.22 bits per heavy atom. The molecule has 27 heavy (non-hydrogen) atoms. The summed E-state index contributed by atoms with van der Waals surface area (Å²) in [4.78, 5) is 27.9. The molecule has 1 atom stereocenters. The highest BCUT2D eigenvalue weighted by molar-refractivity contribution is 8.00. The number of nitrogens with one attached hydrogen (secondary N) is 1. The van der Waals surface area contributed by atoms with Crippen molar-refractivity contribution in [2.24, 2.45) is 0 Å². The SMILES string of the molecule is COC(=O)c1c(C)[nH]c(C(=O)[C@@H](C)Sc2nnnn2-c2ccccc2)c1C. The van der Waals surface area contributed by atoms with Gasteiger partial charge in [-0.15, -0.1) is 5.10 Å². The van der Waals surface area contributed by atoms with Crippen LogP contribution < -0.4 is 0 Å². The van der Waals surface area contributed by atoms with Crippen molar-refractivity contribution in [1.29, 1.82) is 0 Å². The number of aryl methyl sites for hydroxylation is 1. The largest absolute Gasteiger partial charge is 0.465 e. The van der Waals surface area contributed by atoms with Crippen LogP contribution in [0.15, 0.2) is 35.5 Å². The number of aromatic nitrogens is 5. The molecule has 3 rings (SSSR count). The van der Waals surface area contributed by atoms with Crippen molar-refractivity contribution in [2.75, 3.05) is 7.11 Å². The molecule has 2 aromatic heterocycles. The Morgan fingerprint density at radius 3 is 2.59 bits per heavy atom. The number of nitrogens with zero attached hydrogens (tertiary/aromatic N) is 4. The number of Topliss-reactive ketones (excluding diaryl/α,β-unsaturated/α-hetero) is 1. The van der Waals surface area contributed by atoms with Crippen LogP contribution in [-0.2, 0) is 4.74 Å². The number of carbonyl (C=O) groups excluding carboxylic acids is 2. The average Bonchev–Trinajstić information content (AvgIpc) is 3.25. The Kier molecular flexibility index (Phi) is 5.41. The number of thioether (sulfide) groups is 1. The van der Waals surface area contributed by atoms with Crippen LogP contribution in [0.25, 0.3) is 5.69 Å². The van der Waals surface area contributed by atoms with E-state index in [2.05, 4.69) is 20.5 Å². The molecule has 140 valence electrons. The molecule has 0 saturated carbocycles. The topological polar surface area (TPSA) is 103 Å². The summed E-state index contributed by atoms with van der Waals surface area (Å²) in [6.45, 7) is 5.25. The summed E-state index contributed by atoms with van der Waals surface area (Å²) in [5.74, 6) is -0.605. The van der Waals surface area contributed by atoms with Crippen molar-refractivity contribution in [3.05, 3.63) is 52.8 Å². The Balaban J connectivity index is 1.84. The van der Waals surface area contributed by atoms with Crippen molar-refractivity contribution >= 4 is 23.5 Å². The first-order valence-corrected chi connectivity index (χ1v) is 9.14. The van der Waals surface area contributed by atoms with Gasteiger partial charge in [-0.05, 0) is 48.9 Å². The molecule has 2 heterocycles. The summed E-state index contributed by atoms with van der Waals surface area (Å²) < 4.78 is 6.38. The lowest BCUT2D eigenvalue weighted by Crippen LogP contribution is -2.16. The van der Waals surface area contributed by atoms with Crippen LogP contribution >= 0.6 is 11.8 Å². The fraction of sp³-hybridized carbons (Fsp3) is 0.278. The lowest BCUT2D eigenvalue weighted by Gasteiger charge is -2.10. The number of para-hydroxylation sites is 1. The second-order valence-electron chi connectivity index (χ2n) is 5.95. The number of carbonyl (C=O) groups is 2. The summed E-state index contributed by atoms with van der Waals surface area (Å²) in [7, 11) is 1.32. The second kappa shape index (κ2) is 7.75. The molecule has 8 nitrogen and oxygen atoms in total. The minimum Gasteiger partial charge on any atom is -0.465 e. The third kappa shape index (κ3) is 3.63. The molecule has 9 heteroatoms. The van der Waals surface area contributed by atoms with E-state index in [0.717, 1.165) is 5.69 Å². The first-order valence-electron chi connectivity index (χ1n) is 8.26. The molecule has 0 aliphatic rings. The fourth-order valence-corrected chi connectivity index (χ4v) is 3.67. The molecular formula is C18H19N5O3S. The number of ketones is 1.